The Bertz CT molecular complexity index is 125. The van der Waals surface area contributed by atoms with Crippen LogP contribution in [0.1, 0.15) is 6.42 Å². The van der Waals surface area contributed by atoms with Crippen LogP contribution in [0.4, 0.5) is 0 Å². The van der Waals surface area contributed by atoms with Gasteiger partial charge in [0.2, 0.25) is 0 Å². The zero-order chi connectivity index (χ0) is 6.85. The molecule has 52 valence electrons. The second-order valence-electron chi connectivity index (χ2n) is 1.95. The summed E-state index contributed by atoms with van der Waals surface area (Å²) in [5, 5.41) is 8.93. The second-order valence-corrected chi connectivity index (χ2v) is 2.26. The van der Waals surface area contributed by atoms with E-state index in [9.17, 15) is 4.79 Å². The third kappa shape index (κ3) is 1.34. The molecule has 0 unspecified atom stereocenters. The quantitative estimate of drug-likeness (QED) is 0.420. The van der Waals surface area contributed by atoms with E-state index in [4.69, 9.17) is 16.7 Å². The molecule has 0 radical (unpaired) electrons. The van der Waals surface area contributed by atoms with Gasteiger partial charge in [0.05, 0.1) is 12.3 Å². The lowest BCUT2D eigenvalue weighted by molar-refractivity contribution is -0.140. The summed E-state index contributed by atoms with van der Waals surface area (Å²) in [6, 6.07) is 0. The molecule has 1 N–H and O–H groups in total. The second kappa shape index (κ2) is 2.54. The van der Waals surface area contributed by atoms with Crippen molar-refractivity contribution in [2.45, 2.75) is 18.6 Å². The lowest BCUT2D eigenvalue weighted by Crippen LogP contribution is -2.21. The van der Waals surface area contributed by atoms with E-state index in [0.717, 1.165) is 0 Å². The number of alkyl halides is 1. The smallest absolute Gasteiger partial charge is 0.308 e. The molecule has 0 aromatic heterocycles. The summed E-state index contributed by atoms with van der Waals surface area (Å²) < 4.78 is 4.60. The summed E-state index contributed by atoms with van der Waals surface area (Å²) in [6.07, 6.45) is -1.11. The fourth-order valence-electron chi connectivity index (χ4n) is 0.732. The van der Waals surface area contributed by atoms with E-state index in [1.807, 2.05) is 0 Å². The fourth-order valence-corrected chi connectivity index (χ4v) is 1.00. The number of hydrogen-bond acceptors (Lipinski definition) is 3. The standard InChI is InChI=1S/C5H7ClO3/c6-2-4-3(7)1-5(8)9-4/h3-4,7H,1-2H2/t3-,4-/m0/s1. The molecule has 1 aliphatic rings. The molecule has 1 fully saturated rings. The largest absolute Gasteiger partial charge is 0.458 e. The van der Waals surface area contributed by atoms with Crippen molar-refractivity contribution < 1.29 is 14.6 Å². The van der Waals surface area contributed by atoms with Crippen LogP contribution >= 0.6 is 11.6 Å². The van der Waals surface area contributed by atoms with Crippen LogP contribution < -0.4 is 0 Å². The zero-order valence-electron chi connectivity index (χ0n) is 4.71. The minimum absolute atomic E-state index is 0.0807. The molecule has 2 atom stereocenters. The van der Waals surface area contributed by atoms with Crippen molar-refractivity contribution in [2.75, 3.05) is 5.88 Å². The first kappa shape index (κ1) is 6.83. The minimum atomic E-state index is -0.699. The molecule has 3 nitrogen and oxygen atoms in total. The number of rotatable bonds is 1. The van der Waals surface area contributed by atoms with E-state index in [-0.39, 0.29) is 18.3 Å². The van der Waals surface area contributed by atoms with Gasteiger partial charge in [-0.05, 0) is 0 Å². The maximum absolute atomic E-state index is 10.4. The Hall–Kier alpha value is -0.280. The first-order valence-corrected chi connectivity index (χ1v) is 3.21. The zero-order valence-corrected chi connectivity index (χ0v) is 5.47. The highest BCUT2D eigenvalue weighted by molar-refractivity contribution is 6.18. The Labute approximate surface area is 57.6 Å². The molecule has 0 spiro atoms. The van der Waals surface area contributed by atoms with Gasteiger partial charge in [-0.2, -0.15) is 0 Å². The van der Waals surface area contributed by atoms with Gasteiger partial charge < -0.3 is 9.84 Å². The first-order chi connectivity index (χ1) is 4.24. The lowest BCUT2D eigenvalue weighted by atomic mass is 10.2. The number of carbonyl (C=O) groups is 1. The molecular weight excluding hydrogens is 144 g/mol. The van der Waals surface area contributed by atoms with Crippen LogP contribution in [-0.2, 0) is 9.53 Å². The van der Waals surface area contributed by atoms with Gasteiger partial charge in [-0.1, -0.05) is 0 Å². The average Bonchev–Trinajstić information content (AvgIpc) is 2.10. The number of hydrogen-bond donors (Lipinski definition) is 1. The van der Waals surface area contributed by atoms with Crippen molar-refractivity contribution in [1.82, 2.24) is 0 Å². The molecular formula is C5H7ClO3. The summed E-state index contributed by atoms with van der Waals surface area (Å²) in [5.41, 5.74) is 0. The topological polar surface area (TPSA) is 46.5 Å². The van der Waals surface area contributed by atoms with Crippen molar-refractivity contribution in [2.24, 2.45) is 0 Å². The number of esters is 1. The maximum atomic E-state index is 10.4. The number of ether oxygens (including phenoxy) is 1. The normalized spacial score (nSPS) is 34.7. The summed E-state index contributed by atoms with van der Waals surface area (Å²) in [6.45, 7) is 0. The monoisotopic (exact) mass is 150 g/mol. The third-order valence-corrected chi connectivity index (χ3v) is 1.54. The van der Waals surface area contributed by atoms with Crippen molar-refractivity contribution in [1.29, 1.82) is 0 Å². The average molecular weight is 151 g/mol. The van der Waals surface area contributed by atoms with Gasteiger partial charge in [-0.3, -0.25) is 4.79 Å². The molecule has 0 amide bonds. The van der Waals surface area contributed by atoms with Gasteiger partial charge in [0.1, 0.15) is 12.2 Å². The van der Waals surface area contributed by atoms with Crippen molar-refractivity contribution in [3.05, 3.63) is 0 Å². The van der Waals surface area contributed by atoms with Gasteiger partial charge in [0.25, 0.3) is 0 Å². The van der Waals surface area contributed by atoms with Crippen LogP contribution in [0.25, 0.3) is 0 Å². The van der Waals surface area contributed by atoms with E-state index in [1.54, 1.807) is 0 Å². The number of carbonyl (C=O) groups excluding carboxylic acids is 1. The van der Waals surface area contributed by atoms with Gasteiger partial charge in [0.15, 0.2) is 0 Å². The van der Waals surface area contributed by atoms with Crippen LogP contribution in [0.5, 0.6) is 0 Å². The Balaban J connectivity index is 2.47. The Morgan fingerprint density at radius 2 is 2.56 bits per heavy atom. The Morgan fingerprint density at radius 1 is 1.89 bits per heavy atom. The van der Waals surface area contributed by atoms with Crippen LogP contribution in [0.3, 0.4) is 0 Å². The molecule has 4 heteroatoms. The van der Waals surface area contributed by atoms with Gasteiger partial charge in [-0.15, -0.1) is 11.6 Å². The van der Waals surface area contributed by atoms with E-state index >= 15 is 0 Å². The Kier molecular flexibility index (Phi) is 1.93. The SMILES string of the molecule is O=C1C[C@H](O)[C@H](CCl)O1. The number of aliphatic hydroxyl groups is 1. The van der Waals surface area contributed by atoms with E-state index in [1.165, 1.54) is 0 Å². The molecule has 0 aromatic rings. The highest BCUT2D eigenvalue weighted by Crippen LogP contribution is 2.15. The van der Waals surface area contributed by atoms with Gasteiger partial charge >= 0.3 is 5.97 Å². The third-order valence-electron chi connectivity index (χ3n) is 1.24. The van der Waals surface area contributed by atoms with E-state index < -0.39 is 12.2 Å². The molecule has 1 saturated heterocycles. The number of cyclic esters (lactones) is 1. The highest BCUT2D eigenvalue weighted by atomic mass is 35.5. The van der Waals surface area contributed by atoms with Crippen LogP contribution in [0.2, 0.25) is 0 Å². The molecule has 0 saturated carbocycles. The van der Waals surface area contributed by atoms with Gasteiger partial charge in [-0.25, -0.2) is 0 Å². The van der Waals surface area contributed by atoms with Gasteiger partial charge in [0, 0.05) is 0 Å². The molecule has 9 heavy (non-hydrogen) atoms. The molecule has 1 aliphatic heterocycles. The summed E-state index contributed by atoms with van der Waals surface area (Å²) in [7, 11) is 0. The molecule has 1 rings (SSSR count). The molecule has 0 aromatic carbocycles. The van der Waals surface area contributed by atoms with Crippen LogP contribution in [0.15, 0.2) is 0 Å². The molecule has 1 heterocycles. The minimum Gasteiger partial charge on any atom is -0.458 e. The highest BCUT2D eigenvalue weighted by Gasteiger charge is 2.32. The first-order valence-electron chi connectivity index (χ1n) is 2.67. The lowest BCUT2D eigenvalue weighted by Gasteiger charge is -2.06. The van der Waals surface area contributed by atoms with Crippen molar-refractivity contribution >= 4 is 17.6 Å². The summed E-state index contributed by atoms with van der Waals surface area (Å²) in [4.78, 5) is 10.4. The van der Waals surface area contributed by atoms with E-state index in [2.05, 4.69) is 4.74 Å². The van der Waals surface area contributed by atoms with Crippen LogP contribution in [-0.4, -0.2) is 29.2 Å². The number of halogens is 1. The maximum Gasteiger partial charge on any atom is 0.308 e. The van der Waals surface area contributed by atoms with E-state index in [0.29, 0.717) is 0 Å². The Morgan fingerprint density at radius 3 is 2.78 bits per heavy atom. The van der Waals surface area contributed by atoms with Crippen molar-refractivity contribution in [3.63, 3.8) is 0 Å². The predicted octanol–water partition coefficient (Wildman–Crippen LogP) is -0.0984. The number of aliphatic hydroxyl groups excluding tert-OH is 1. The predicted molar refractivity (Wildman–Crippen MR) is 31.2 cm³/mol. The van der Waals surface area contributed by atoms with Crippen LogP contribution in [0, 0.1) is 0 Å². The summed E-state index contributed by atoms with van der Waals surface area (Å²) in [5.74, 6) is -0.194. The fraction of sp³-hybridized carbons (Fsp3) is 0.800. The molecule has 0 bridgehead atoms. The molecule has 0 aliphatic carbocycles. The van der Waals surface area contributed by atoms with Crippen molar-refractivity contribution in [3.8, 4) is 0 Å². The summed E-state index contributed by atoms with van der Waals surface area (Å²) >= 11 is 5.33.